The average molecular weight is 262 g/mol. The van der Waals surface area contributed by atoms with Gasteiger partial charge >= 0.3 is 0 Å². The number of nitrogens with two attached hydrogens (primary N) is 1. The van der Waals surface area contributed by atoms with Crippen molar-refractivity contribution in [3.05, 3.63) is 24.3 Å². The number of likely N-dealkylation sites (tertiary alicyclic amines) is 1. The summed E-state index contributed by atoms with van der Waals surface area (Å²) in [7, 11) is 0. The highest BCUT2D eigenvalue weighted by Gasteiger charge is 2.13. The number of hydrogen-bond acceptors (Lipinski definition) is 3. The van der Waals surface area contributed by atoms with E-state index in [1.807, 2.05) is 24.3 Å². The van der Waals surface area contributed by atoms with E-state index in [-0.39, 0.29) is 0 Å². The Balaban J connectivity index is 1.65. The first-order chi connectivity index (χ1) is 9.25. The fourth-order valence-corrected chi connectivity index (χ4v) is 2.63. The van der Waals surface area contributed by atoms with Crippen molar-refractivity contribution < 1.29 is 4.74 Å². The molecule has 1 fully saturated rings. The third kappa shape index (κ3) is 4.75. The third-order valence-electron chi connectivity index (χ3n) is 3.90. The van der Waals surface area contributed by atoms with Gasteiger partial charge in [-0.1, -0.05) is 19.1 Å². The van der Waals surface area contributed by atoms with Crippen LogP contribution >= 0.6 is 0 Å². The summed E-state index contributed by atoms with van der Waals surface area (Å²) >= 11 is 0. The summed E-state index contributed by atoms with van der Waals surface area (Å²) in [6.07, 6.45) is 5.14. The van der Waals surface area contributed by atoms with Crippen molar-refractivity contribution in [1.29, 1.82) is 0 Å². The van der Waals surface area contributed by atoms with Crippen LogP contribution in [0.25, 0.3) is 0 Å². The molecule has 0 saturated carbocycles. The smallest absolute Gasteiger partial charge is 0.142 e. The zero-order chi connectivity index (χ0) is 13.5. The molecule has 1 aliphatic rings. The van der Waals surface area contributed by atoms with Gasteiger partial charge in [-0.15, -0.1) is 0 Å². The summed E-state index contributed by atoms with van der Waals surface area (Å²) in [4.78, 5) is 2.57. The quantitative estimate of drug-likeness (QED) is 0.654. The van der Waals surface area contributed by atoms with E-state index in [2.05, 4.69) is 11.8 Å². The molecule has 0 radical (unpaired) electrons. The second-order valence-corrected chi connectivity index (χ2v) is 5.62. The Hall–Kier alpha value is -1.22. The van der Waals surface area contributed by atoms with Gasteiger partial charge in [0.15, 0.2) is 0 Å². The number of anilines is 1. The van der Waals surface area contributed by atoms with Crippen LogP contribution in [0.5, 0.6) is 5.75 Å². The first kappa shape index (κ1) is 14.2. The summed E-state index contributed by atoms with van der Waals surface area (Å²) in [5, 5.41) is 0. The maximum absolute atomic E-state index is 5.85. The molecule has 3 heteroatoms. The summed E-state index contributed by atoms with van der Waals surface area (Å²) in [6, 6.07) is 7.71. The van der Waals surface area contributed by atoms with Gasteiger partial charge in [0, 0.05) is 6.54 Å². The number of ether oxygens (including phenoxy) is 1. The molecule has 2 rings (SSSR count). The monoisotopic (exact) mass is 262 g/mol. The SMILES string of the molecule is CC1CCCN(CCCOc2ccccc2N)CC1. The zero-order valence-corrected chi connectivity index (χ0v) is 12.0. The number of rotatable bonds is 5. The molecule has 1 unspecified atom stereocenters. The number of para-hydroxylation sites is 2. The molecule has 1 heterocycles. The van der Waals surface area contributed by atoms with Crippen molar-refractivity contribution in [2.75, 3.05) is 32.0 Å². The van der Waals surface area contributed by atoms with Crippen molar-refractivity contribution in [2.45, 2.75) is 32.6 Å². The Morgan fingerprint density at radius 1 is 1.26 bits per heavy atom. The topological polar surface area (TPSA) is 38.5 Å². The molecule has 2 N–H and O–H groups in total. The first-order valence-electron chi connectivity index (χ1n) is 7.45. The van der Waals surface area contributed by atoms with Crippen LogP contribution in [0.4, 0.5) is 5.69 Å². The summed E-state index contributed by atoms with van der Waals surface area (Å²) in [5.74, 6) is 1.71. The van der Waals surface area contributed by atoms with E-state index in [1.54, 1.807) is 0 Å². The van der Waals surface area contributed by atoms with Gasteiger partial charge in [-0.3, -0.25) is 0 Å². The van der Waals surface area contributed by atoms with E-state index in [0.29, 0.717) is 0 Å². The van der Waals surface area contributed by atoms with E-state index < -0.39 is 0 Å². The highest BCUT2D eigenvalue weighted by atomic mass is 16.5. The fraction of sp³-hybridized carbons (Fsp3) is 0.625. The van der Waals surface area contributed by atoms with Gasteiger partial charge in [0.1, 0.15) is 5.75 Å². The Kier molecular flexibility index (Phi) is 5.52. The summed E-state index contributed by atoms with van der Waals surface area (Å²) < 4.78 is 5.73. The van der Waals surface area contributed by atoms with Crippen LogP contribution in [-0.4, -0.2) is 31.1 Å². The lowest BCUT2D eigenvalue weighted by molar-refractivity contribution is 0.239. The van der Waals surface area contributed by atoms with Gasteiger partial charge in [0.2, 0.25) is 0 Å². The molecule has 0 aromatic heterocycles. The van der Waals surface area contributed by atoms with Crippen molar-refractivity contribution in [3.8, 4) is 5.75 Å². The van der Waals surface area contributed by atoms with E-state index in [4.69, 9.17) is 10.5 Å². The van der Waals surface area contributed by atoms with Crippen LogP contribution in [0.2, 0.25) is 0 Å². The zero-order valence-electron chi connectivity index (χ0n) is 12.0. The third-order valence-corrected chi connectivity index (χ3v) is 3.90. The first-order valence-corrected chi connectivity index (χ1v) is 7.45. The second-order valence-electron chi connectivity index (χ2n) is 5.62. The largest absolute Gasteiger partial charge is 0.491 e. The van der Waals surface area contributed by atoms with Crippen molar-refractivity contribution in [1.82, 2.24) is 4.90 Å². The molecule has 1 saturated heterocycles. The van der Waals surface area contributed by atoms with Crippen LogP contribution in [0, 0.1) is 5.92 Å². The lowest BCUT2D eigenvalue weighted by Gasteiger charge is -2.19. The predicted molar refractivity (Wildman–Crippen MR) is 80.4 cm³/mol. The standard InChI is InChI=1S/C16H26N2O/c1-14-6-4-10-18(12-9-14)11-5-13-19-16-8-3-2-7-15(16)17/h2-3,7-8,14H,4-6,9-13,17H2,1H3. The highest BCUT2D eigenvalue weighted by Crippen LogP contribution is 2.20. The van der Waals surface area contributed by atoms with Crippen molar-refractivity contribution >= 4 is 5.69 Å². The molecule has 1 aromatic rings. The molecular weight excluding hydrogens is 236 g/mol. The molecule has 1 aliphatic heterocycles. The van der Waals surface area contributed by atoms with Gasteiger partial charge in [0.05, 0.1) is 12.3 Å². The van der Waals surface area contributed by atoms with Crippen LogP contribution in [0.3, 0.4) is 0 Å². The number of benzene rings is 1. The maximum atomic E-state index is 5.85. The second kappa shape index (κ2) is 7.39. The van der Waals surface area contributed by atoms with Gasteiger partial charge in [-0.2, -0.15) is 0 Å². The van der Waals surface area contributed by atoms with Crippen molar-refractivity contribution in [3.63, 3.8) is 0 Å². The van der Waals surface area contributed by atoms with Gasteiger partial charge < -0.3 is 15.4 Å². The molecule has 1 atom stereocenters. The molecule has 3 nitrogen and oxygen atoms in total. The molecule has 0 bridgehead atoms. The molecule has 0 spiro atoms. The maximum Gasteiger partial charge on any atom is 0.142 e. The Bertz CT molecular complexity index is 381. The molecule has 1 aromatic carbocycles. The number of hydrogen-bond donors (Lipinski definition) is 1. The van der Waals surface area contributed by atoms with Crippen molar-refractivity contribution in [2.24, 2.45) is 5.92 Å². The van der Waals surface area contributed by atoms with Gasteiger partial charge in [-0.25, -0.2) is 0 Å². The Labute approximate surface area is 116 Å². The summed E-state index contributed by atoms with van der Waals surface area (Å²) in [6.45, 7) is 6.75. The lowest BCUT2D eigenvalue weighted by Crippen LogP contribution is -2.27. The van der Waals surface area contributed by atoms with E-state index in [9.17, 15) is 0 Å². The van der Waals surface area contributed by atoms with Crippen LogP contribution in [-0.2, 0) is 0 Å². The molecule has 106 valence electrons. The minimum atomic E-state index is 0.728. The summed E-state index contributed by atoms with van der Waals surface area (Å²) in [5.41, 5.74) is 6.57. The minimum Gasteiger partial charge on any atom is -0.491 e. The fourth-order valence-electron chi connectivity index (χ4n) is 2.63. The van der Waals surface area contributed by atoms with Crippen LogP contribution < -0.4 is 10.5 Å². The predicted octanol–water partition coefficient (Wildman–Crippen LogP) is 3.16. The average Bonchev–Trinajstić information content (AvgIpc) is 2.61. The van der Waals surface area contributed by atoms with Gasteiger partial charge in [-0.05, 0) is 56.8 Å². The molecule has 0 amide bonds. The molecule has 0 aliphatic carbocycles. The Morgan fingerprint density at radius 2 is 2.11 bits per heavy atom. The normalized spacial score (nSPS) is 21.0. The lowest BCUT2D eigenvalue weighted by atomic mass is 10.0. The highest BCUT2D eigenvalue weighted by molar-refractivity contribution is 5.51. The van der Waals surface area contributed by atoms with E-state index >= 15 is 0 Å². The Morgan fingerprint density at radius 3 is 2.95 bits per heavy atom. The number of nitrogens with zero attached hydrogens (tertiary/aromatic N) is 1. The van der Waals surface area contributed by atoms with E-state index in [1.165, 1.54) is 32.4 Å². The molecular formula is C16H26N2O. The number of nitrogen functional groups attached to an aromatic ring is 1. The van der Waals surface area contributed by atoms with Crippen LogP contribution in [0.1, 0.15) is 32.6 Å². The minimum absolute atomic E-state index is 0.728. The molecule has 19 heavy (non-hydrogen) atoms. The van der Waals surface area contributed by atoms with Crippen LogP contribution in [0.15, 0.2) is 24.3 Å². The van der Waals surface area contributed by atoms with Gasteiger partial charge in [0.25, 0.3) is 0 Å². The van der Waals surface area contributed by atoms with E-state index in [0.717, 1.165) is 36.9 Å².